The van der Waals surface area contributed by atoms with Crippen LogP contribution in [0.3, 0.4) is 0 Å². The van der Waals surface area contributed by atoms with Crippen LogP contribution in [0, 0.1) is 15.5 Å². The summed E-state index contributed by atoms with van der Waals surface area (Å²) in [6.07, 6.45) is 1.63. The maximum Gasteiger partial charge on any atom is 0.271 e. The standard InChI is InChI=1S/C13H17N3O4.ClH/c1-13(5-2-6-14-8-13)12(18)15-10-7-9(16(19)20)3-4-11(10)17;/h3-4,7,14,17H,2,5-6,8H2,1H3,(H,15,18);1H. The maximum absolute atomic E-state index is 12.3. The van der Waals surface area contributed by atoms with Gasteiger partial charge in [0.1, 0.15) is 5.75 Å². The third-order valence-electron chi connectivity index (χ3n) is 3.58. The highest BCUT2D eigenvalue weighted by Crippen LogP contribution is 2.32. The molecule has 1 fully saturated rings. The van der Waals surface area contributed by atoms with Crippen molar-refractivity contribution in [2.45, 2.75) is 19.8 Å². The van der Waals surface area contributed by atoms with Crippen molar-refractivity contribution in [3.8, 4) is 5.75 Å². The zero-order valence-corrected chi connectivity index (χ0v) is 12.4. The zero-order chi connectivity index (χ0) is 14.8. The Morgan fingerprint density at radius 2 is 2.24 bits per heavy atom. The molecule has 3 N–H and O–H groups in total. The van der Waals surface area contributed by atoms with E-state index in [4.69, 9.17) is 0 Å². The predicted octanol–water partition coefficient (Wildman–Crippen LogP) is 2.05. The number of amides is 1. The average Bonchev–Trinajstić information content (AvgIpc) is 2.41. The number of non-ortho nitro benzene ring substituents is 1. The zero-order valence-electron chi connectivity index (χ0n) is 11.6. The molecule has 0 aliphatic carbocycles. The fraction of sp³-hybridized carbons (Fsp3) is 0.462. The molecule has 21 heavy (non-hydrogen) atoms. The summed E-state index contributed by atoms with van der Waals surface area (Å²) in [7, 11) is 0. The summed E-state index contributed by atoms with van der Waals surface area (Å²) < 4.78 is 0. The Hall–Kier alpha value is -1.86. The first-order chi connectivity index (χ1) is 9.42. The molecule has 1 amide bonds. The smallest absolute Gasteiger partial charge is 0.271 e. The molecule has 0 bridgehead atoms. The van der Waals surface area contributed by atoms with Gasteiger partial charge in [0.05, 0.1) is 16.0 Å². The molecule has 116 valence electrons. The van der Waals surface area contributed by atoms with Crippen molar-refractivity contribution in [2.24, 2.45) is 5.41 Å². The van der Waals surface area contributed by atoms with E-state index in [0.29, 0.717) is 6.54 Å². The fourth-order valence-corrected chi connectivity index (χ4v) is 2.26. The molecule has 1 heterocycles. The largest absolute Gasteiger partial charge is 0.506 e. The Morgan fingerprint density at radius 1 is 1.52 bits per heavy atom. The molecule has 0 radical (unpaired) electrons. The van der Waals surface area contributed by atoms with Gasteiger partial charge in [0, 0.05) is 18.7 Å². The van der Waals surface area contributed by atoms with Crippen LogP contribution in [0.1, 0.15) is 19.8 Å². The molecule has 1 saturated heterocycles. The molecule has 1 aliphatic rings. The van der Waals surface area contributed by atoms with Gasteiger partial charge >= 0.3 is 0 Å². The fourth-order valence-electron chi connectivity index (χ4n) is 2.26. The number of carbonyl (C=O) groups is 1. The lowest BCUT2D eigenvalue weighted by Gasteiger charge is -2.32. The minimum Gasteiger partial charge on any atom is -0.506 e. The van der Waals surface area contributed by atoms with E-state index in [1.54, 1.807) is 0 Å². The number of nitro benzene ring substituents is 1. The van der Waals surface area contributed by atoms with Crippen LogP contribution < -0.4 is 10.6 Å². The molecule has 0 spiro atoms. The van der Waals surface area contributed by atoms with Gasteiger partial charge in [-0.15, -0.1) is 12.4 Å². The second kappa shape index (κ2) is 6.73. The summed E-state index contributed by atoms with van der Waals surface area (Å²) in [6, 6.07) is 3.55. The van der Waals surface area contributed by atoms with E-state index in [-0.39, 0.29) is 35.4 Å². The second-order valence-corrected chi connectivity index (χ2v) is 5.25. The molecule has 1 aliphatic heterocycles. The van der Waals surface area contributed by atoms with Gasteiger partial charge < -0.3 is 15.7 Å². The average molecular weight is 316 g/mol. The number of carbonyl (C=O) groups excluding carboxylic acids is 1. The third-order valence-corrected chi connectivity index (χ3v) is 3.58. The lowest BCUT2D eigenvalue weighted by molar-refractivity contribution is -0.384. The lowest BCUT2D eigenvalue weighted by Crippen LogP contribution is -2.46. The van der Waals surface area contributed by atoms with Crippen LogP contribution in [0.2, 0.25) is 0 Å². The number of halogens is 1. The number of piperidine rings is 1. The molecule has 0 saturated carbocycles. The van der Waals surface area contributed by atoms with Gasteiger partial charge in [0.25, 0.3) is 5.69 Å². The summed E-state index contributed by atoms with van der Waals surface area (Å²) in [5.74, 6) is -0.434. The molecule has 1 unspecified atom stereocenters. The Labute approximate surface area is 128 Å². The summed E-state index contributed by atoms with van der Waals surface area (Å²) in [6.45, 7) is 3.27. The van der Waals surface area contributed by atoms with Gasteiger partial charge in [-0.1, -0.05) is 0 Å². The van der Waals surface area contributed by atoms with Crippen molar-refractivity contribution in [1.29, 1.82) is 0 Å². The topological polar surface area (TPSA) is 104 Å². The lowest BCUT2D eigenvalue weighted by atomic mass is 9.82. The van der Waals surface area contributed by atoms with E-state index in [1.165, 1.54) is 12.1 Å². The van der Waals surface area contributed by atoms with Crippen molar-refractivity contribution in [1.82, 2.24) is 5.32 Å². The molecule has 1 aromatic rings. The summed E-state index contributed by atoms with van der Waals surface area (Å²) in [5, 5.41) is 26.1. The number of nitrogens with zero attached hydrogens (tertiary/aromatic N) is 1. The van der Waals surface area contributed by atoms with Gasteiger partial charge in [-0.25, -0.2) is 0 Å². The first kappa shape index (κ1) is 17.2. The Balaban J connectivity index is 0.00000220. The number of hydrogen-bond acceptors (Lipinski definition) is 5. The third kappa shape index (κ3) is 3.83. The van der Waals surface area contributed by atoms with E-state index in [2.05, 4.69) is 10.6 Å². The van der Waals surface area contributed by atoms with E-state index in [9.17, 15) is 20.0 Å². The van der Waals surface area contributed by atoms with Gasteiger partial charge in [0.15, 0.2) is 0 Å². The molecule has 2 rings (SSSR count). The van der Waals surface area contributed by atoms with Crippen LogP contribution in [0.15, 0.2) is 18.2 Å². The molecular formula is C13H18ClN3O4. The number of rotatable bonds is 3. The predicted molar refractivity (Wildman–Crippen MR) is 80.8 cm³/mol. The van der Waals surface area contributed by atoms with Crippen molar-refractivity contribution in [2.75, 3.05) is 18.4 Å². The number of phenolic OH excluding ortho intramolecular Hbond substituents is 1. The van der Waals surface area contributed by atoms with E-state index >= 15 is 0 Å². The molecular weight excluding hydrogens is 298 g/mol. The summed E-state index contributed by atoms with van der Waals surface area (Å²) >= 11 is 0. The van der Waals surface area contributed by atoms with Crippen LogP contribution >= 0.6 is 12.4 Å². The van der Waals surface area contributed by atoms with Crippen LogP contribution in [0.5, 0.6) is 5.75 Å². The summed E-state index contributed by atoms with van der Waals surface area (Å²) in [5.41, 5.74) is -0.684. The van der Waals surface area contributed by atoms with Crippen molar-refractivity contribution in [3.05, 3.63) is 28.3 Å². The Bertz CT molecular complexity index is 544. The van der Waals surface area contributed by atoms with Crippen LogP contribution in [0.25, 0.3) is 0 Å². The molecule has 1 atom stereocenters. The molecule has 8 heteroatoms. The number of benzene rings is 1. The SMILES string of the molecule is CC1(C(=O)Nc2cc([N+](=O)[O-])ccc2O)CCCNC1.Cl. The number of nitro groups is 1. The van der Waals surface area contributed by atoms with Crippen LogP contribution in [-0.4, -0.2) is 29.0 Å². The van der Waals surface area contributed by atoms with Gasteiger partial charge in [0.2, 0.25) is 5.91 Å². The number of anilines is 1. The van der Waals surface area contributed by atoms with Crippen LogP contribution in [0.4, 0.5) is 11.4 Å². The highest BCUT2D eigenvalue weighted by atomic mass is 35.5. The first-order valence-corrected chi connectivity index (χ1v) is 6.42. The van der Waals surface area contributed by atoms with E-state index in [0.717, 1.165) is 25.5 Å². The Kier molecular flexibility index (Phi) is 5.51. The second-order valence-electron chi connectivity index (χ2n) is 5.25. The van der Waals surface area contributed by atoms with Crippen LogP contribution in [-0.2, 0) is 4.79 Å². The maximum atomic E-state index is 12.3. The van der Waals surface area contributed by atoms with Crippen molar-refractivity contribution < 1.29 is 14.8 Å². The molecule has 7 nitrogen and oxygen atoms in total. The minimum atomic E-state index is -0.574. The van der Waals surface area contributed by atoms with Crippen molar-refractivity contribution >= 4 is 29.7 Å². The number of hydrogen-bond donors (Lipinski definition) is 3. The van der Waals surface area contributed by atoms with Gasteiger partial charge in [-0.3, -0.25) is 14.9 Å². The number of nitrogens with one attached hydrogen (secondary N) is 2. The number of phenols is 1. The van der Waals surface area contributed by atoms with E-state index < -0.39 is 10.3 Å². The molecule has 0 aromatic heterocycles. The minimum absolute atomic E-state index is 0. The van der Waals surface area contributed by atoms with Crippen molar-refractivity contribution in [3.63, 3.8) is 0 Å². The van der Waals surface area contributed by atoms with Gasteiger partial charge in [-0.2, -0.15) is 0 Å². The van der Waals surface area contributed by atoms with Gasteiger partial charge in [-0.05, 0) is 32.4 Å². The normalized spacial score (nSPS) is 21.2. The highest BCUT2D eigenvalue weighted by Gasteiger charge is 2.35. The highest BCUT2D eigenvalue weighted by molar-refractivity contribution is 5.96. The first-order valence-electron chi connectivity index (χ1n) is 6.42. The number of aromatic hydroxyl groups is 1. The monoisotopic (exact) mass is 315 g/mol. The molecule has 1 aromatic carbocycles. The summed E-state index contributed by atoms with van der Waals surface area (Å²) in [4.78, 5) is 22.4. The van der Waals surface area contributed by atoms with E-state index in [1.807, 2.05) is 6.92 Å². The Morgan fingerprint density at radius 3 is 2.81 bits per heavy atom. The quantitative estimate of drug-likeness (QED) is 0.450.